The number of aromatic hydroxyl groups is 1. The summed E-state index contributed by atoms with van der Waals surface area (Å²) in [7, 11) is 0. The molecule has 0 aliphatic carbocycles. The van der Waals surface area contributed by atoms with Crippen LogP contribution in [-0.4, -0.2) is 29.6 Å². The molecule has 2 aliphatic rings. The fourth-order valence-electron chi connectivity index (χ4n) is 4.34. The molecule has 4 rings (SSSR count). The Morgan fingerprint density at radius 2 is 1.92 bits per heavy atom. The van der Waals surface area contributed by atoms with Crippen LogP contribution in [0.3, 0.4) is 0 Å². The van der Waals surface area contributed by atoms with Crippen molar-refractivity contribution in [3.63, 3.8) is 0 Å². The monoisotopic (exact) mass is 322 g/mol. The number of fused-ring (bicyclic) bond motifs is 1. The van der Waals surface area contributed by atoms with Crippen LogP contribution in [0, 0.1) is 5.92 Å². The summed E-state index contributed by atoms with van der Waals surface area (Å²) in [6.07, 6.45) is 3.86. The predicted molar refractivity (Wildman–Crippen MR) is 98.4 cm³/mol. The van der Waals surface area contributed by atoms with Crippen LogP contribution in [0.25, 0.3) is 0 Å². The highest BCUT2D eigenvalue weighted by Gasteiger charge is 2.27. The molecule has 3 nitrogen and oxygen atoms in total. The van der Waals surface area contributed by atoms with Gasteiger partial charge in [-0.1, -0.05) is 36.4 Å². The molecule has 2 aromatic rings. The second-order valence-electron chi connectivity index (χ2n) is 7.27. The number of rotatable bonds is 4. The first kappa shape index (κ1) is 15.5. The maximum atomic E-state index is 10.0. The van der Waals surface area contributed by atoms with E-state index in [9.17, 15) is 5.11 Å². The van der Waals surface area contributed by atoms with Crippen molar-refractivity contribution in [3.8, 4) is 5.75 Å². The number of phenols is 1. The summed E-state index contributed by atoms with van der Waals surface area (Å²) >= 11 is 0. The summed E-state index contributed by atoms with van der Waals surface area (Å²) in [5.41, 5.74) is 3.87. The van der Waals surface area contributed by atoms with Gasteiger partial charge in [0.2, 0.25) is 0 Å². The minimum absolute atomic E-state index is 0.425. The predicted octanol–water partition coefficient (Wildman–Crippen LogP) is 4.20. The number of anilines is 1. The van der Waals surface area contributed by atoms with Crippen LogP contribution in [0.5, 0.6) is 5.75 Å². The maximum Gasteiger partial charge on any atom is 0.120 e. The molecule has 0 spiro atoms. The van der Waals surface area contributed by atoms with Gasteiger partial charge in [-0.25, -0.2) is 0 Å². The minimum atomic E-state index is 0.425. The molecule has 24 heavy (non-hydrogen) atoms. The van der Waals surface area contributed by atoms with Crippen LogP contribution >= 0.6 is 0 Å². The Morgan fingerprint density at radius 3 is 2.83 bits per heavy atom. The average Bonchev–Trinajstić information content (AvgIpc) is 3.01. The molecule has 0 radical (unpaired) electrons. The van der Waals surface area contributed by atoms with Gasteiger partial charge in [-0.05, 0) is 49.4 Å². The van der Waals surface area contributed by atoms with E-state index in [-0.39, 0.29) is 0 Å². The second kappa shape index (κ2) is 6.86. The van der Waals surface area contributed by atoms with Gasteiger partial charge in [-0.15, -0.1) is 0 Å². The number of hydrogen-bond donors (Lipinski definition) is 2. The lowest BCUT2D eigenvalue weighted by molar-refractivity contribution is 0.156. The van der Waals surface area contributed by atoms with Crippen molar-refractivity contribution in [2.24, 2.45) is 5.92 Å². The van der Waals surface area contributed by atoms with E-state index in [1.165, 1.54) is 30.5 Å². The van der Waals surface area contributed by atoms with Gasteiger partial charge >= 0.3 is 0 Å². The molecule has 2 aliphatic heterocycles. The third kappa shape index (κ3) is 3.27. The zero-order valence-corrected chi connectivity index (χ0v) is 14.1. The Bertz CT molecular complexity index is 700. The van der Waals surface area contributed by atoms with E-state index in [4.69, 9.17) is 0 Å². The van der Waals surface area contributed by atoms with Crippen molar-refractivity contribution in [2.75, 3.05) is 25.0 Å². The number of hydrogen-bond acceptors (Lipinski definition) is 3. The first-order valence-electron chi connectivity index (χ1n) is 9.11. The van der Waals surface area contributed by atoms with Gasteiger partial charge in [-0.2, -0.15) is 0 Å². The third-order valence-corrected chi connectivity index (χ3v) is 5.55. The summed E-state index contributed by atoms with van der Waals surface area (Å²) in [6.45, 7) is 4.23. The molecule has 0 amide bonds. The van der Waals surface area contributed by atoms with Gasteiger partial charge in [0.15, 0.2) is 0 Å². The van der Waals surface area contributed by atoms with E-state index in [2.05, 4.69) is 34.5 Å². The number of likely N-dealkylation sites (tertiary alicyclic amines) is 1. The van der Waals surface area contributed by atoms with Gasteiger partial charge in [0.25, 0.3) is 0 Å². The van der Waals surface area contributed by atoms with Gasteiger partial charge in [0.1, 0.15) is 5.75 Å². The van der Waals surface area contributed by atoms with Crippen LogP contribution in [0.2, 0.25) is 0 Å². The van der Waals surface area contributed by atoms with Gasteiger partial charge in [0.05, 0.1) is 0 Å². The zero-order chi connectivity index (χ0) is 16.4. The van der Waals surface area contributed by atoms with Crippen molar-refractivity contribution in [3.05, 3.63) is 59.7 Å². The van der Waals surface area contributed by atoms with E-state index in [1.54, 1.807) is 6.07 Å². The van der Waals surface area contributed by atoms with Crippen LogP contribution in [0.1, 0.15) is 36.3 Å². The summed E-state index contributed by atoms with van der Waals surface area (Å²) < 4.78 is 0. The molecule has 2 N–H and O–H groups in total. The Morgan fingerprint density at radius 1 is 1.08 bits per heavy atom. The van der Waals surface area contributed by atoms with Crippen molar-refractivity contribution < 1.29 is 5.11 Å². The zero-order valence-electron chi connectivity index (χ0n) is 14.1. The molecule has 2 atom stereocenters. The number of nitrogens with one attached hydrogen (secondary N) is 1. The number of nitrogens with zero attached hydrogens (tertiary/aromatic N) is 1. The van der Waals surface area contributed by atoms with E-state index < -0.39 is 0 Å². The fraction of sp³-hybridized carbons (Fsp3) is 0.429. The highest BCUT2D eigenvalue weighted by Crippen LogP contribution is 2.37. The Kier molecular flexibility index (Phi) is 4.44. The highest BCUT2D eigenvalue weighted by atomic mass is 16.3. The van der Waals surface area contributed by atoms with Crippen LogP contribution < -0.4 is 5.32 Å². The van der Waals surface area contributed by atoms with Crippen molar-refractivity contribution in [2.45, 2.75) is 31.7 Å². The molecule has 2 aromatic carbocycles. The largest absolute Gasteiger partial charge is 0.508 e. The molecular weight excluding hydrogens is 296 g/mol. The Balaban J connectivity index is 1.38. The lowest BCUT2D eigenvalue weighted by atomic mass is 9.85. The quantitative estimate of drug-likeness (QED) is 0.885. The number of piperidine rings is 1. The first-order chi connectivity index (χ1) is 11.8. The Hall–Kier alpha value is -2.00. The number of benzene rings is 2. The molecule has 2 heterocycles. The van der Waals surface area contributed by atoms with Gasteiger partial charge < -0.3 is 10.4 Å². The van der Waals surface area contributed by atoms with Crippen molar-refractivity contribution in [1.29, 1.82) is 0 Å². The van der Waals surface area contributed by atoms with E-state index >= 15 is 0 Å². The van der Waals surface area contributed by atoms with Crippen molar-refractivity contribution in [1.82, 2.24) is 4.90 Å². The smallest absolute Gasteiger partial charge is 0.120 e. The normalized spacial score (nSPS) is 23.7. The highest BCUT2D eigenvalue weighted by molar-refractivity contribution is 5.57. The fourth-order valence-corrected chi connectivity index (χ4v) is 4.34. The molecule has 0 saturated carbocycles. The molecule has 1 saturated heterocycles. The molecule has 1 fully saturated rings. The molecule has 0 bridgehead atoms. The maximum absolute atomic E-state index is 10.0. The summed E-state index contributed by atoms with van der Waals surface area (Å²) in [5.74, 6) is 1.83. The average molecular weight is 322 g/mol. The second-order valence-corrected chi connectivity index (χ2v) is 7.27. The molecule has 3 heteroatoms. The third-order valence-electron chi connectivity index (χ3n) is 5.55. The van der Waals surface area contributed by atoms with E-state index in [0.717, 1.165) is 37.7 Å². The SMILES string of the molecule is Oc1ccccc1CN1CCC[C@H](CC2CNc3ccccc32)C1. The lowest BCUT2D eigenvalue weighted by Crippen LogP contribution is -2.35. The molecule has 0 aromatic heterocycles. The summed E-state index contributed by atoms with van der Waals surface area (Å²) in [6, 6.07) is 16.5. The summed E-state index contributed by atoms with van der Waals surface area (Å²) in [4.78, 5) is 2.51. The Labute approximate surface area is 144 Å². The summed E-state index contributed by atoms with van der Waals surface area (Å²) in [5, 5.41) is 13.6. The van der Waals surface area contributed by atoms with Crippen LogP contribution in [0.15, 0.2) is 48.5 Å². The lowest BCUT2D eigenvalue weighted by Gasteiger charge is -2.34. The molecule has 1 unspecified atom stereocenters. The standard InChI is InChI=1S/C21H26N2O/c24-21-10-4-1-7-17(21)15-23-11-5-6-16(14-23)12-18-13-22-20-9-3-2-8-19(18)20/h1-4,7-10,16,18,22,24H,5-6,11-15H2/t16-,18?/m1/s1. The van der Waals surface area contributed by atoms with Crippen LogP contribution in [-0.2, 0) is 6.54 Å². The van der Waals surface area contributed by atoms with Gasteiger partial charge in [0, 0.05) is 36.8 Å². The number of para-hydroxylation sites is 2. The molecule has 126 valence electrons. The van der Waals surface area contributed by atoms with E-state index in [1.807, 2.05) is 18.2 Å². The van der Waals surface area contributed by atoms with Crippen LogP contribution in [0.4, 0.5) is 5.69 Å². The topological polar surface area (TPSA) is 35.5 Å². The van der Waals surface area contributed by atoms with Crippen molar-refractivity contribution >= 4 is 5.69 Å². The molecular formula is C21H26N2O. The minimum Gasteiger partial charge on any atom is -0.508 e. The first-order valence-corrected chi connectivity index (χ1v) is 9.11. The van der Waals surface area contributed by atoms with Gasteiger partial charge in [-0.3, -0.25) is 4.90 Å². The van der Waals surface area contributed by atoms with E-state index in [0.29, 0.717) is 11.7 Å². The number of phenolic OH excluding ortho intramolecular Hbond substituents is 1.